The number of hydrogen-bond acceptors (Lipinski definition) is 5. The van der Waals surface area contributed by atoms with Crippen LogP contribution in [0.1, 0.15) is 0 Å². The first-order valence-corrected chi connectivity index (χ1v) is 7.83. The third kappa shape index (κ3) is 3.14. The molecular formula is C14H9Cl2N3O2S. The van der Waals surface area contributed by atoms with Crippen molar-refractivity contribution in [3.8, 4) is 5.88 Å². The molecule has 0 saturated heterocycles. The fraction of sp³-hybridized carbons (Fsp3) is 0.0714. The molecule has 3 rings (SSSR count). The summed E-state index contributed by atoms with van der Waals surface area (Å²) in [7, 11) is 0. The van der Waals surface area contributed by atoms with Gasteiger partial charge in [0.15, 0.2) is 6.61 Å². The molecule has 0 radical (unpaired) electrons. The summed E-state index contributed by atoms with van der Waals surface area (Å²) in [4.78, 5) is 20.9. The van der Waals surface area contributed by atoms with Gasteiger partial charge in [0.05, 0.1) is 21.1 Å². The lowest BCUT2D eigenvalue weighted by atomic mass is 10.3. The maximum absolute atomic E-state index is 11.9. The first-order chi connectivity index (χ1) is 10.6. The molecule has 0 fully saturated rings. The number of anilines is 1. The lowest BCUT2D eigenvalue weighted by Gasteiger charge is -2.09. The van der Waals surface area contributed by atoms with E-state index in [0.717, 1.165) is 10.2 Å². The molecule has 22 heavy (non-hydrogen) atoms. The number of carbonyl (C=O) groups excluding carboxylic acids is 1. The highest BCUT2D eigenvalue weighted by atomic mass is 35.5. The molecule has 2 heterocycles. The smallest absolute Gasteiger partial charge is 0.262 e. The molecule has 0 aliphatic carbocycles. The summed E-state index contributed by atoms with van der Waals surface area (Å²) in [5.74, 6) is 0.0183. The molecule has 8 heteroatoms. The van der Waals surface area contributed by atoms with Crippen molar-refractivity contribution in [2.24, 2.45) is 0 Å². The lowest BCUT2D eigenvalue weighted by molar-refractivity contribution is -0.118. The molecule has 1 amide bonds. The largest absolute Gasteiger partial charge is 0.467 e. The van der Waals surface area contributed by atoms with Gasteiger partial charge in [0, 0.05) is 0 Å². The van der Waals surface area contributed by atoms with Gasteiger partial charge in [0.1, 0.15) is 11.2 Å². The summed E-state index contributed by atoms with van der Waals surface area (Å²) in [5, 5.41) is 5.97. The van der Waals surface area contributed by atoms with Crippen molar-refractivity contribution < 1.29 is 9.53 Å². The van der Waals surface area contributed by atoms with E-state index < -0.39 is 0 Å². The molecular weight excluding hydrogens is 345 g/mol. The maximum atomic E-state index is 11.9. The van der Waals surface area contributed by atoms with Crippen molar-refractivity contribution in [3.05, 3.63) is 46.0 Å². The molecule has 2 aromatic heterocycles. The first-order valence-electron chi connectivity index (χ1n) is 6.20. The molecule has 0 atom stereocenters. The predicted octanol–water partition coefficient (Wildman–Crippen LogP) is 4.02. The zero-order valence-corrected chi connectivity index (χ0v) is 13.4. The van der Waals surface area contributed by atoms with Crippen LogP contribution >= 0.6 is 34.5 Å². The molecule has 0 spiro atoms. The fourth-order valence-electron chi connectivity index (χ4n) is 1.80. The van der Waals surface area contributed by atoms with E-state index >= 15 is 0 Å². The summed E-state index contributed by atoms with van der Waals surface area (Å²) in [6.45, 7) is -0.190. The molecule has 0 aliphatic heterocycles. The Hall–Kier alpha value is -1.89. The third-order valence-corrected chi connectivity index (χ3v) is 4.43. The number of carbonyl (C=O) groups is 1. The number of ether oxygens (including phenoxy) is 1. The van der Waals surface area contributed by atoms with Crippen LogP contribution < -0.4 is 10.1 Å². The zero-order chi connectivity index (χ0) is 15.5. The van der Waals surface area contributed by atoms with Gasteiger partial charge in [-0.2, -0.15) is 0 Å². The van der Waals surface area contributed by atoms with Crippen LogP contribution in [0.5, 0.6) is 5.88 Å². The second-order valence-corrected chi connectivity index (χ2v) is 5.94. The number of fused-ring (bicyclic) bond motifs is 1. The van der Waals surface area contributed by atoms with Crippen molar-refractivity contribution in [1.82, 2.24) is 9.97 Å². The zero-order valence-electron chi connectivity index (χ0n) is 11.0. The Balaban J connectivity index is 1.68. The third-order valence-electron chi connectivity index (χ3n) is 2.79. The van der Waals surface area contributed by atoms with Gasteiger partial charge in [0.25, 0.3) is 5.91 Å². The topological polar surface area (TPSA) is 64.1 Å². The van der Waals surface area contributed by atoms with E-state index in [-0.39, 0.29) is 12.5 Å². The van der Waals surface area contributed by atoms with E-state index in [4.69, 9.17) is 27.9 Å². The highest BCUT2D eigenvalue weighted by Crippen LogP contribution is 2.29. The van der Waals surface area contributed by atoms with Gasteiger partial charge in [-0.25, -0.2) is 9.97 Å². The van der Waals surface area contributed by atoms with Gasteiger partial charge in [-0.3, -0.25) is 4.79 Å². The number of rotatable bonds is 4. The molecule has 112 valence electrons. The van der Waals surface area contributed by atoms with E-state index in [1.54, 1.807) is 18.2 Å². The predicted molar refractivity (Wildman–Crippen MR) is 88.0 cm³/mol. The quantitative estimate of drug-likeness (QED) is 0.769. The van der Waals surface area contributed by atoms with Crippen LogP contribution in [-0.2, 0) is 4.79 Å². The van der Waals surface area contributed by atoms with Crippen molar-refractivity contribution in [2.75, 3.05) is 11.9 Å². The van der Waals surface area contributed by atoms with Crippen LogP contribution in [0, 0.1) is 0 Å². The Morgan fingerprint density at radius 2 is 2.14 bits per heavy atom. The van der Waals surface area contributed by atoms with Crippen LogP contribution in [0.2, 0.25) is 10.0 Å². The number of thiophene rings is 1. The standard InChI is InChI=1S/C14H9Cl2N3O2S/c15-9-2-1-3-10(12(9)16)19-11(20)6-21-13-8-4-5-22-14(8)18-7-17-13/h1-5,7H,6H2,(H,19,20). The number of aromatic nitrogens is 2. The summed E-state index contributed by atoms with van der Waals surface area (Å²) < 4.78 is 5.45. The molecule has 0 bridgehead atoms. The minimum atomic E-state index is -0.355. The number of amides is 1. The van der Waals surface area contributed by atoms with Crippen molar-refractivity contribution in [1.29, 1.82) is 0 Å². The minimum Gasteiger partial charge on any atom is -0.467 e. The lowest BCUT2D eigenvalue weighted by Crippen LogP contribution is -2.20. The van der Waals surface area contributed by atoms with E-state index in [1.165, 1.54) is 17.7 Å². The van der Waals surface area contributed by atoms with Crippen LogP contribution in [0.4, 0.5) is 5.69 Å². The maximum Gasteiger partial charge on any atom is 0.262 e. The van der Waals surface area contributed by atoms with Crippen molar-refractivity contribution in [3.63, 3.8) is 0 Å². The van der Waals surface area contributed by atoms with Gasteiger partial charge >= 0.3 is 0 Å². The summed E-state index contributed by atoms with van der Waals surface area (Å²) in [6.07, 6.45) is 1.40. The second-order valence-electron chi connectivity index (χ2n) is 4.26. The Morgan fingerprint density at radius 1 is 1.27 bits per heavy atom. The highest BCUT2D eigenvalue weighted by Gasteiger charge is 2.11. The number of benzene rings is 1. The van der Waals surface area contributed by atoms with Crippen LogP contribution in [0.15, 0.2) is 36.0 Å². The Bertz CT molecular complexity index is 838. The second kappa shape index (κ2) is 6.48. The van der Waals surface area contributed by atoms with E-state index in [2.05, 4.69) is 15.3 Å². The summed E-state index contributed by atoms with van der Waals surface area (Å²) in [6, 6.07) is 6.85. The van der Waals surface area contributed by atoms with Crippen molar-refractivity contribution >= 4 is 56.3 Å². The first kappa shape index (κ1) is 15.0. The van der Waals surface area contributed by atoms with Gasteiger partial charge < -0.3 is 10.1 Å². The Labute approximate surface area is 139 Å². The molecule has 1 N–H and O–H groups in total. The normalized spacial score (nSPS) is 10.6. The van der Waals surface area contributed by atoms with Crippen LogP contribution in [0.3, 0.4) is 0 Å². The van der Waals surface area contributed by atoms with E-state index in [1.807, 2.05) is 11.4 Å². The van der Waals surface area contributed by atoms with Gasteiger partial charge in [-0.1, -0.05) is 29.3 Å². The Morgan fingerprint density at radius 3 is 3.00 bits per heavy atom. The van der Waals surface area contributed by atoms with Crippen LogP contribution in [-0.4, -0.2) is 22.5 Å². The fourth-order valence-corrected chi connectivity index (χ4v) is 2.87. The summed E-state index contributed by atoms with van der Waals surface area (Å²) >= 11 is 13.4. The molecule has 1 aromatic carbocycles. The Kier molecular flexibility index (Phi) is 4.42. The van der Waals surface area contributed by atoms with Crippen molar-refractivity contribution in [2.45, 2.75) is 0 Å². The molecule has 0 aliphatic rings. The number of nitrogens with one attached hydrogen (secondary N) is 1. The number of halogens is 2. The average Bonchev–Trinajstić information content (AvgIpc) is 2.99. The van der Waals surface area contributed by atoms with Crippen LogP contribution in [0.25, 0.3) is 10.2 Å². The SMILES string of the molecule is O=C(COc1ncnc2sccc12)Nc1cccc(Cl)c1Cl. The van der Waals surface area contributed by atoms with Gasteiger partial charge in [0.2, 0.25) is 5.88 Å². The molecule has 5 nitrogen and oxygen atoms in total. The number of hydrogen-bond donors (Lipinski definition) is 1. The average molecular weight is 354 g/mol. The number of nitrogens with zero attached hydrogens (tertiary/aromatic N) is 2. The summed E-state index contributed by atoms with van der Waals surface area (Å²) in [5.41, 5.74) is 0.436. The van der Waals surface area contributed by atoms with E-state index in [9.17, 15) is 4.79 Å². The molecule has 0 saturated carbocycles. The highest BCUT2D eigenvalue weighted by molar-refractivity contribution is 7.16. The van der Waals surface area contributed by atoms with E-state index in [0.29, 0.717) is 21.6 Å². The monoisotopic (exact) mass is 353 g/mol. The minimum absolute atomic E-state index is 0.190. The van der Waals surface area contributed by atoms with Gasteiger partial charge in [-0.15, -0.1) is 11.3 Å². The van der Waals surface area contributed by atoms with Gasteiger partial charge in [-0.05, 0) is 23.6 Å². The molecule has 3 aromatic rings. The molecule has 0 unspecified atom stereocenters.